The lowest BCUT2D eigenvalue weighted by atomic mass is 9.90. The Morgan fingerprint density at radius 3 is 1.58 bits per heavy atom. The van der Waals surface area contributed by atoms with E-state index in [1.165, 1.54) is 17.0 Å². The maximum absolute atomic E-state index is 15.2. The number of carbonyl (C=O) groups excluding carboxylic acids is 8. The number of anilines is 1. The molecular formula is C63H69N9O13. The van der Waals surface area contributed by atoms with Crippen LogP contribution < -0.4 is 42.5 Å². The molecule has 22 nitrogen and oxygen atoms in total. The average molecular weight is 1160 g/mol. The number of amides is 8. The number of benzene rings is 6. The van der Waals surface area contributed by atoms with Gasteiger partial charge < -0.3 is 51.1 Å². The lowest BCUT2D eigenvalue weighted by Crippen LogP contribution is -2.62. The first-order valence-electron chi connectivity index (χ1n) is 27.7. The summed E-state index contributed by atoms with van der Waals surface area (Å²) in [5, 5.41) is 26.7. The van der Waals surface area contributed by atoms with Crippen LogP contribution in [0.5, 0.6) is 5.75 Å². The van der Waals surface area contributed by atoms with Gasteiger partial charge in [0.05, 0.1) is 5.69 Å². The molecule has 0 fully saturated rings. The monoisotopic (exact) mass is 1160 g/mol. The number of unbranched alkanes of at least 4 members (excludes halogenated alkanes) is 1. The molecule has 85 heavy (non-hydrogen) atoms. The summed E-state index contributed by atoms with van der Waals surface area (Å²) in [6.07, 6.45) is -3.21. The van der Waals surface area contributed by atoms with Crippen LogP contribution in [0.2, 0.25) is 0 Å². The molecule has 1 aliphatic rings. The van der Waals surface area contributed by atoms with Gasteiger partial charge in [-0.2, -0.15) is 0 Å². The number of aromatic hydroxyl groups is 1. The molecule has 0 bridgehead atoms. The van der Waals surface area contributed by atoms with E-state index in [4.69, 9.17) is 24.7 Å². The highest BCUT2D eigenvalue weighted by Crippen LogP contribution is 2.36. The second kappa shape index (κ2) is 32.4. The summed E-state index contributed by atoms with van der Waals surface area (Å²) in [6, 6.07) is 42.1. The molecule has 4 atom stereocenters. The molecule has 0 saturated heterocycles. The predicted octanol–water partition coefficient (Wildman–Crippen LogP) is 7.04. The summed E-state index contributed by atoms with van der Waals surface area (Å²) in [7, 11) is 0. The third-order valence-electron chi connectivity index (χ3n) is 13.5. The van der Waals surface area contributed by atoms with Crippen LogP contribution in [-0.4, -0.2) is 96.3 Å². The Morgan fingerprint density at radius 1 is 0.588 bits per heavy atom. The van der Waals surface area contributed by atoms with Gasteiger partial charge in [0.1, 0.15) is 56.3 Å². The number of aliphatic imine (C=N–C) groups is 1. The van der Waals surface area contributed by atoms with Gasteiger partial charge in [-0.05, 0) is 84.0 Å². The highest BCUT2D eigenvalue weighted by atomic mass is 16.6. The van der Waals surface area contributed by atoms with Crippen molar-refractivity contribution in [1.82, 2.24) is 31.9 Å². The molecule has 1 unspecified atom stereocenters. The fraction of sp³-hybridized carbons (Fsp3) is 0.286. The first-order valence-corrected chi connectivity index (χ1v) is 27.7. The number of nitrogens with one attached hydrogen (secondary N) is 6. The Morgan fingerprint density at radius 2 is 1.07 bits per heavy atom. The minimum atomic E-state index is -1.39. The van der Waals surface area contributed by atoms with Crippen molar-refractivity contribution >= 4 is 59.6 Å². The fourth-order valence-electron chi connectivity index (χ4n) is 9.17. The van der Waals surface area contributed by atoms with E-state index >= 15 is 4.79 Å². The van der Waals surface area contributed by atoms with Gasteiger partial charge in [0, 0.05) is 32.0 Å². The number of nitrogens with zero attached hydrogens (tertiary/aromatic N) is 2. The van der Waals surface area contributed by atoms with Crippen molar-refractivity contribution in [3.63, 3.8) is 0 Å². The summed E-state index contributed by atoms with van der Waals surface area (Å²) in [6.45, 7) is 1.39. The molecule has 22 heteroatoms. The second-order valence-corrected chi connectivity index (χ2v) is 19.9. The molecule has 0 saturated carbocycles. The predicted molar refractivity (Wildman–Crippen MR) is 314 cm³/mol. The number of fused-ring (bicyclic) bond motifs is 1. The lowest BCUT2D eigenvalue weighted by molar-refractivity contribution is -0.132. The SMILES string of the molecule is Cc1cc(O)cc2c1C[C@H](NC(=O)C(CCCN=C(NC(=O)OCc1ccccc1)NC(=O)OCc1ccccc1)NC(=O)OCc1ccccc1)C(=O)N2[C@@H](CCCCNC(=O)OCc1ccccc1)C(=O)N[C@@H](Cc1ccccc1)C(N)=O. The molecule has 1 heterocycles. The molecule has 6 aromatic carbocycles. The smallest absolute Gasteiger partial charge is 0.414 e. The van der Waals surface area contributed by atoms with Crippen molar-refractivity contribution in [3.8, 4) is 5.75 Å². The van der Waals surface area contributed by atoms with Crippen LogP contribution in [0.4, 0.5) is 24.9 Å². The zero-order valence-electron chi connectivity index (χ0n) is 46.9. The standard InChI is InChI=1S/C63H69N9O13/c1-42-34-48(73)36-54-49(42)37-52(58(77)72(54)53(57(76)67-51(55(64)74)35-43-20-7-2-8-21-43)31-17-18-32-66-60(78)82-38-44-22-9-3-10-23-44)68-56(75)50(69-61(79)83-39-45-24-11-4-12-25-45)30-19-33-65-59(70-62(80)84-40-46-26-13-5-14-27-46)71-63(81)85-41-47-28-15-6-16-29-47/h2-16,20-29,34,36,50-53,73H,17-19,30-33,35,37-41H2,1H3,(H2,64,74)(H,66,78)(H,67,76)(H,68,75)(H,69,79)(H2,65,70,71,80,81)/t50?,51-,52-,53-/m0/s1. The molecule has 1 aliphatic heterocycles. The van der Waals surface area contributed by atoms with Gasteiger partial charge in [-0.3, -0.25) is 39.7 Å². The Hall–Kier alpha value is -10.3. The van der Waals surface area contributed by atoms with E-state index in [2.05, 4.69) is 36.9 Å². The number of phenols is 1. The average Bonchev–Trinajstić information content (AvgIpc) is 3.10. The topological polar surface area (TPSA) is 308 Å². The molecule has 0 radical (unpaired) electrons. The third-order valence-corrected chi connectivity index (χ3v) is 13.5. The van der Waals surface area contributed by atoms with E-state index < -0.39 is 72.2 Å². The lowest BCUT2D eigenvalue weighted by Gasteiger charge is -2.40. The quantitative estimate of drug-likeness (QED) is 0.0117. The van der Waals surface area contributed by atoms with Gasteiger partial charge in [-0.25, -0.2) is 19.2 Å². The number of ether oxygens (including phenoxy) is 4. The molecule has 444 valence electrons. The number of guanidine groups is 1. The van der Waals surface area contributed by atoms with E-state index in [-0.39, 0.29) is 95.4 Å². The zero-order valence-corrected chi connectivity index (χ0v) is 46.9. The van der Waals surface area contributed by atoms with Crippen molar-refractivity contribution in [2.75, 3.05) is 18.0 Å². The van der Waals surface area contributed by atoms with Crippen LogP contribution in [0.3, 0.4) is 0 Å². The van der Waals surface area contributed by atoms with Crippen molar-refractivity contribution < 1.29 is 62.4 Å². The molecule has 9 N–H and O–H groups in total. The first kappa shape index (κ1) is 62.4. The number of nitrogens with two attached hydrogens (primary N) is 1. The van der Waals surface area contributed by atoms with E-state index in [0.717, 1.165) is 5.56 Å². The number of hydrogen-bond acceptors (Lipinski definition) is 14. The van der Waals surface area contributed by atoms with Crippen LogP contribution in [0, 0.1) is 6.92 Å². The number of primary amides is 1. The summed E-state index contributed by atoms with van der Waals surface area (Å²) >= 11 is 0. The summed E-state index contributed by atoms with van der Waals surface area (Å²) in [4.78, 5) is 115. The summed E-state index contributed by atoms with van der Waals surface area (Å²) < 4.78 is 21.6. The van der Waals surface area contributed by atoms with Crippen LogP contribution in [0.15, 0.2) is 169 Å². The molecule has 0 spiro atoms. The first-order chi connectivity index (χ1) is 41.2. The van der Waals surface area contributed by atoms with Crippen LogP contribution in [0.1, 0.15) is 71.0 Å². The van der Waals surface area contributed by atoms with E-state index in [1.807, 2.05) is 42.5 Å². The van der Waals surface area contributed by atoms with Gasteiger partial charge in [-0.15, -0.1) is 0 Å². The van der Waals surface area contributed by atoms with Gasteiger partial charge >= 0.3 is 24.4 Å². The molecule has 7 rings (SSSR count). The van der Waals surface area contributed by atoms with Gasteiger partial charge in [-0.1, -0.05) is 152 Å². The van der Waals surface area contributed by atoms with E-state index in [9.17, 15) is 38.7 Å². The van der Waals surface area contributed by atoms with Crippen LogP contribution in [0.25, 0.3) is 0 Å². The molecular weight excluding hydrogens is 1090 g/mol. The number of alkyl carbamates (subject to hydrolysis) is 4. The Bertz CT molecular complexity index is 3170. The Labute approximate surface area is 491 Å². The number of phenolic OH excluding ortho intramolecular Hbond substituents is 1. The minimum Gasteiger partial charge on any atom is -0.508 e. The second-order valence-electron chi connectivity index (χ2n) is 19.9. The summed E-state index contributed by atoms with van der Waals surface area (Å²) in [5.74, 6) is -3.74. The number of hydrogen-bond donors (Lipinski definition) is 8. The van der Waals surface area contributed by atoms with E-state index in [0.29, 0.717) is 39.8 Å². The molecule has 0 aliphatic carbocycles. The largest absolute Gasteiger partial charge is 0.508 e. The third kappa shape index (κ3) is 20.3. The Kier molecular flexibility index (Phi) is 23.8. The highest BCUT2D eigenvalue weighted by molar-refractivity contribution is 6.08. The van der Waals surface area contributed by atoms with Crippen molar-refractivity contribution in [2.24, 2.45) is 10.7 Å². The van der Waals surface area contributed by atoms with Crippen molar-refractivity contribution in [1.29, 1.82) is 0 Å². The zero-order chi connectivity index (χ0) is 60.3. The summed E-state index contributed by atoms with van der Waals surface area (Å²) in [5.41, 5.74) is 10.6. The fourth-order valence-corrected chi connectivity index (χ4v) is 9.17. The van der Waals surface area contributed by atoms with Gasteiger partial charge in [0.15, 0.2) is 0 Å². The number of rotatable bonds is 26. The highest BCUT2D eigenvalue weighted by Gasteiger charge is 2.42. The van der Waals surface area contributed by atoms with Gasteiger partial charge in [0.25, 0.3) is 5.91 Å². The minimum absolute atomic E-state index is 0.0250. The molecule has 0 aromatic heterocycles. The number of carbonyl (C=O) groups is 8. The molecule has 6 aromatic rings. The maximum atomic E-state index is 15.2. The van der Waals surface area contributed by atoms with Crippen molar-refractivity contribution in [2.45, 2.75) is 102 Å². The van der Waals surface area contributed by atoms with E-state index in [1.54, 1.807) is 116 Å². The Balaban J connectivity index is 1.11. The van der Waals surface area contributed by atoms with Crippen LogP contribution >= 0.6 is 0 Å². The van der Waals surface area contributed by atoms with Crippen LogP contribution in [-0.2, 0) is 77.4 Å². The van der Waals surface area contributed by atoms with Gasteiger partial charge in [0.2, 0.25) is 23.7 Å². The molecule has 8 amide bonds. The maximum Gasteiger partial charge on any atom is 0.414 e. The van der Waals surface area contributed by atoms with Crippen molar-refractivity contribution in [3.05, 3.63) is 203 Å². The normalized spacial score (nSPS) is 13.4. The number of aryl methyl sites for hydroxylation is 1.